The number of hydrogen-bond acceptors (Lipinski definition) is 2. The summed E-state index contributed by atoms with van der Waals surface area (Å²) in [4.78, 5) is 25.0. The van der Waals surface area contributed by atoms with Crippen LogP contribution in [0.1, 0.15) is 35.3 Å². The maximum atomic E-state index is 12.5. The van der Waals surface area contributed by atoms with Crippen LogP contribution in [0.5, 0.6) is 0 Å². The number of aliphatic carboxylic acids is 1. The molecule has 0 saturated heterocycles. The van der Waals surface area contributed by atoms with Crippen molar-refractivity contribution in [3.05, 3.63) is 34.9 Å². The van der Waals surface area contributed by atoms with Crippen molar-refractivity contribution >= 4 is 11.9 Å². The van der Waals surface area contributed by atoms with Crippen LogP contribution in [0.15, 0.2) is 18.2 Å². The highest BCUT2D eigenvalue weighted by molar-refractivity contribution is 5.97. The van der Waals surface area contributed by atoms with E-state index in [0.717, 1.165) is 11.1 Å². The average molecular weight is 263 g/mol. The van der Waals surface area contributed by atoms with Gasteiger partial charge in [-0.15, -0.1) is 0 Å². The van der Waals surface area contributed by atoms with Gasteiger partial charge in [-0.25, -0.2) is 0 Å². The van der Waals surface area contributed by atoms with E-state index in [1.165, 1.54) is 0 Å². The smallest absolute Gasteiger partial charge is 0.308 e. The van der Waals surface area contributed by atoms with Gasteiger partial charge in [-0.1, -0.05) is 25.1 Å². The molecule has 0 aromatic heterocycles. The summed E-state index contributed by atoms with van der Waals surface area (Å²) in [5.41, 5.74) is 2.53. The first-order valence-electron chi connectivity index (χ1n) is 6.46. The van der Waals surface area contributed by atoms with Gasteiger partial charge in [-0.3, -0.25) is 9.59 Å². The quantitative estimate of drug-likeness (QED) is 0.888. The molecule has 0 saturated carbocycles. The Bertz CT molecular complexity index is 462. The van der Waals surface area contributed by atoms with Gasteiger partial charge in [0.1, 0.15) is 0 Å². The highest BCUT2D eigenvalue weighted by atomic mass is 16.4. The largest absolute Gasteiger partial charge is 0.481 e. The fourth-order valence-electron chi connectivity index (χ4n) is 2.07. The molecular formula is C15H21NO3. The molecule has 1 aromatic carbocycles. The molecule has 1 aromatic rings. The predicted octanol–water partition coefficient (Wildman–Crippen LogP) is 2.49. The lowest BCUT2D eigenvalue weighted by atomic mass is 10.0. The first-order chi connectivity index (χ1) is 8.88. The van der Waals surface area contributed by atoms with Crippen LogP contribution in [-0.4, -0.2) is 35.0 Å². The Balaban J connectivity index is 2.99. The van der Waals surface area contributed by atoms with Gasteiger partial charge < -0.3 is 10.0 Å². The molecule has 0 radical (unpaired) electrons. The Morgan fingerprint density at radius 1 is 1.26 bits per heavy atom. The Hall–Kier alpha value is -1.84. The van der Waals surface area contributed by atoms with E-state index in [1.54, 1.807) is 11.8 Å². The third kappa shape index (κ3) is 3.56. The number of aryl methyl sites for hydroxylation is 2. The second-order valence-electron chi connectivity index (χ2n) is 4.85. The number of amides is 1. The van der Waals surface area contributed by atoms with Crippen molar-refractivity contribution in [2.45, 2.75) is 27.7 Å². The normalized spacial score (nSPS) is 12.0. The van der Waals surface area contributed by atoms with Crippen molar-refractivity contribution in [3.63, 3.8) is 0 Å². The Morgan fingerprint density at radius 3 is 2.21 bits per heavy atom. The number of hydrogen-bond donors (Lipinski definition) is 1. The molecule has 0 fully saturated rings. The van der Waals surface area contributed by atoms with Gasteiger partial charge in [-0.05, 0) is 31.9 Å². The molecule has 0 spiro atoms. The molecular weight excluding hydrogens is 242 g/mol. The Labute approximate surface area is 114 Å². The second kappa shape index (κ2) is 6.36. The van der Waals surface area contributed by atoms with Gasteiger partial charge in [0.25, 0.3) is 5.91 Å². The maximum absolute atomic E-state index is 12.5. The van der Waals surface area contributed by atoms with E-state index < -0.39 is 11.9 Å². The first kappa shape index (κ1) is 15.2. The van der Waals surface area contributed by atoms with Gasteiger partial charge in [0.15, 0.2) is 0 Å². The van der Waals surface area contributed by atoms with Gasteiger partial charge in [-0.2, -0.15) is 0 Å². The van der Waals surface area contributed by atoms with Gasteiger partial charge in [0.2, 0.25) is 0 Å². The topological polar surface area (TPSA) is 57.6 Å². The molecule has 0 aliphatic heterocycles. The number of nitrogens with zero attached hydrogens (tertiary/aromatic N) is 1. The third-order valence-electron chi connectivity index (χ3n) is 3.28. The lowest BCUT2D eigenvalue weighted by Crippen LogP contribution is -2.37. The van der Waals surface area contributed by atoms with Crippen LogP contribution in [-0.2, 0) is 4.79 Å². The fourth-order valence-corrected chi connectivity index (χ4v) is 2.07. The minimum Gasteiger partial charge on any atom is -0.481 e. The Kier molecular flexibility index (Phi) is 5.10. The average Bonchev–Trinajstić information content (AvgIpc) is 2.34. The van der Waals surface area contributed by atoms with E-state index in [-0.39, 0.29) is 12.5 Å². The van der Waals surface area contributed by atoms with Crippen LogP contribution < -0.4 is 0 Å². The number of carbonyl (C=O) groups is 2. The summed E-state index contributed by atoms with van der Waals surface area (Å²) in [6.07, 6.45) is 0. The fraction of sp³-hybridized carbons (Fsp3) is 0.467. The molecule has 4 heteroatoms. The van der Waals surface area contributed by atoms with Crippen LogP contribution in [0.4, 0.5) is 0 Å². The maximum Gasteiger partial charge on any atom is 0.308 e. The molecule has 0 aliphatic carbocycles. The summed E-state index contributed by atoms with van der Waals surface area (Å²) in [7, 11) is 0. The van der Waals surface area contributed by atoms with Crippen molar-refractivity contribution in [1.82, 2.24) is 4.90 Å². The molecule has 0 heterocycles. The summed E-state index contributed by atoms with van der Waals surface area (Å²) < 4.78 is 0. The monoisotopic (exact) mass is 263 g/mol. The van der Waals surface area contributed by atoms with E-state index in [0.29, 0.717) is 12.1 Å². The summed E-state index contributed by atoms with van der Waals surface area (Å²) in [5.74, 6) is -1.54. The zero-order valence-corrected chi connectivity index (χ0v) is 11.9. The highest BCUT2D eigenvalue weighted by Crippen LogP contribution is 2.16. The lowest BCUT2D eigenvalue weighted by molar-refractivity contribution is -0.141. The molecule has 104 valence electrons. The van der Waals surface area contributed by atoms with Crippen molar-refractivity contribution < 1.29 is 14.7 Å². The van der Waals surface area contributed by atoms with Crippen LogP contribution in [0.25, 0.3) is 0 Å². The number of carbonyl (C=O) groups excluding carboxylic acids is 1. The van der Waals surface area contributed by atoms with Crippen molar-refractivity contribution in [2.24, 2.45) is 5.92 Å². The Morgan fingerprint density at radius 2 is 1.79 bits per heavy atom. The van der Waals surface area contributed by atoms with Crippen LogP contribution >= 0.6 is 0 Å². The van der Waals surface area contributed by atoms with Crippen LogP contribution in [0, 0.1) is 19.8 Å². The molecule has 0 bridgehead atoms. The lowest BCUT2D eigenvalue weighted by Gasteiger charge is -2.24. The third-order valence-corrected chi connectivity index (χ3v) is 3.28. The summed E-state index contributed by atoms with van der Waals surface area (Å²) in [6.45, 7) is 8.01. The van der Waals surface area contributed by atoms with Gasteiger partial charge in [0.05, 0.1) is 5.92 Å². The van der Waals surface area contributed by atoms with Crippen molar-refractivity contribution in [2.75, 3.05) is 13.1 Å². The summed E-state index contributed by atoms with van der Waals surface area (Å²) in [6, 6.07) is 5.71. The minimum absolute atomic E-state index is 0.0915. The molecule has 1 amide bonds. The molecule has 1 rings (SSSR count). The standard InChI is InChI=1S/C15H21NO3/c1-5-16(9-12(4)15(18)19)14(17)13-10(2)7-6-8-11(13)3/h6-8,12H,5,9H2,1-4H3,(H,18,19)/t12-/m0/s1. The van der Waals surface area contributed by atoms with Crippen molar-refractivity contribution in [3.8, 4) is 0 Å². The summed E-state index contributed by atoms with van der Waals surface area (Å²) >= 11 is 0. The van der Waals surface area contributed by atoms with E-state index >= 15 is 0 Å². The molecule has 19 heavy (non-hydrogen) atoms. The van der Waals surface area contributed by atoms with Crippen molar-refractivity contribution in [1.29, 1.82) is 0 Å². The first-order valence-corrected chi connectivity index (χ1v) is 6.46. The number of rotatable bonds is 5. The molecule has 0 aliphatic rings. The molecule has 0 unspecified atom stereocenters. The zero-order chi connectivity index (χ0) is 14.6. The van der Waals surface area contributed by atoms with Crippen LogP contribution in [0.2, 0.25) is 0 Å². The van der Waals surface area contributed by atoms with E-state index in [1.807, 2.05) is 39.0 Å². The van der Waals surface area contributed by atoms with Gasteiger partial charge in [0, 0.05) is 18.7 Å². The molecule has 1 N–H and O–H groups in total. The van der Waals surface area contributed by atoms with E-state index in [9.17, 15) is 9.59 Å². The van der Waals surface area contributed by atoms with E-state index in [2.05, 4.69) is 0 Å². The predicted molar refractivity (Wildman–Crippen MR) is 74.3 cm³/mol. The molecule has 4 nitrogen and oxygen atoms in total. The number of carboxylic acid groups (broad SMARTS) is 1. The number of benzene rings is 1. The zero-order valence-electron chi connectivity index (χ0n) is 11.9. The number of carboxylic acids is 1. The highest BCUT2D eigenvalue weighted by Gasteiger charge is 2.22. The summed E-state index contributed by atoms with van der Waals surface area (Å²) in [5, 5.41) is 8.95. The second-order valence-corrected chi connectivity index (χ2v) is 4.85. The molecule has 1 atom stereocenters. The van der Waals surface area contributed by atoms with Gasteiger partial charge >= 0.3 is 5.97 Å². The van der Waals surface area contributed by atoms with Crippen LogP contribution in [0.3, 0.4) is 0 Å². The minimum atomic E-state index is -0.882. The SMILES string of the molecule is CCN(C[C@H](C)C(=O)O)C(=O)c1c(C)cccc1C. The van der Waals surface area contributed by atoms with E-state index in [4.69, 9.17) is 5.11 Å².